The zero-order chi connectivity index (χ0) is 36.3. The summed E-state index contributed by atoms with van der Waals surface area (Å²) in [5, 5.41) is 11.3. The van der Waals surface area contributed by atoms with Crippen molar-refractivity contribution in [3.63, 3.8) is 0 Å². The average molecular weight is 723 g/mol. The second-order valence-electron chi connectivity index (χ2n) is 12.5. The number of ether oxygens (including phenoxy) is 6. The van der Waals surface area contributed by atoms with Crippen LogP contribution >= 0.6 is 11.6 Å². The van der Waals surface area contributed by atoms with Gasteiger partial charge in [-0.15, -0.1) is 0 Å². The summed E-state index contributed by atoms with van der Waals surface area (Å²) in [6.45, 7) is 2.98. The topological polar surface area (TPSA) is 92.7 Å². The van der Waals surface area contributed by atoms with Crippen molar-refractivity contribution in [3.05, 3.63) is 172 Å². The Morgan fingerprint density at radius 1 is 0.712 bits per heavy atom. The molecule has 5 aromatic rings. The first kappa shape index (κ1) is 37.2. The van der Waals surface area contributed by atoms with Crippen LogP contribution in [0.2, 0.25) is 5.02 Å². The van der Waals surface area contributed by atoms with Crippen LogP contribution in [0.4, 0.5) is 0 Å². The number of carboxylic acids is 1. The monoisotopic (exact) mass is 722 g/mol. The number of hydrogen-bond acceptors (Lipinski definition) is 7. The quantitative estimate of drug-likeness (QED) is 0.109. The Labute approximate surface area is 309 Å². The fourth-order valence-corrected chi connectivity index (χ4v) is 6.65. The maximum Gasteiger partial charge on any atom is 0.335 e. The van der Waals surface area contributed by atoms with Gasteiger partial charge < -0.3 is 33.5 Å². The van der Waals surface area contributed by atoms with Gasteiger partial charge in [-0.25, -0.2) is 4.79 Å². The Kier molecular flexibility index (Phi) is 12.7. The van der Waals surface area contributed by atoms with Crippen LogP contribution in [0.5, 0.6) is 5.75 Å². The van der Waals surface area contributed by atoms with Crippen LogP contribution in [0.15, 0.2) is 133 Å². The minimum atomic E-state index is -1.75. The largest absolute Gasteiger partial charge is 0.494 e. The number of carboxylic acid groups (broad SMARTS) is 1. The predicted molar refractivity (Wildman–Crippen MR) is 198 cm³/mol. The van der Waals surface area contributed by atoms with Gasteiger partial charge in [-0.05, 0) is 65.4 Å². The van der Waals surface area contributed by atoms with Crippen LogP contribution in [-0.4, -0.2) is 49.2 Å². The molecule has 0 bridgehead atoms. The number of rotatable bonds is 16. The third kappa shape index (κ3) is 8.90. The second kappa shape index (κ2) is 17.8. The zero-order valence-electron chi connectivity index (χ0n) is 29.2. The first-order chi connectivity index (χ1) is 25.4. The van der Waals surface area contributed by atoms with E-state index in [1.54, 1.807) is 12.1 Å². The molecule has 1 N–H and O–H groups in total. The average Bonchev–Trinajstić information content (AvgIpc) is 3.18. The Morgan fingerprint density at radius 2 is 1.25 bits per heavy atom. The van der Waals surface area contributed by atoms with E-state index >= 15 is 0 Å². The van der Waals surface area contributed by atoms with Crippen molar-refractivity contribution in [2.75, 3.05) is 13.7 Å². The summed E-state index contributed by atoms with van der Waals surface area (Å²) in [5.41, 5.74) is 5.01. The SMILES string of the molecule is CCOc1ccc(Cc2cc([C@]3(OC)O[C@H](C(=O)O)[C@@H](OCc4ccccc4)[C@H](OCc4ccccc4)[C@H]3OCc3ccccc3)ccc2Cl)cc1. The molecule has 1 heterocycles. The van der Waals surface area contributed by atoms with Crippen molar-refractivity contribution in [1.29, 1.82) is 0 Å². The molecular weight excluding hydrogens is 680 g/mol. The summed E-state index contributed by atoms with van der Waals surface area (Å²) in [6.07, 6.45) is -4.05. The normalized spacial score (nSPS) is 21.4. The lowest BCUT2D eigenvalue weighted by Crippen LogP contribution is -2.67. The van der Waals surface area contributed by atoms with E-state index in [4.69, 9.17) is 40.0 Å². The summed E-state index contributed by atoms with van der Waals surface area (Å²) >= 11 is 6.80. The van der Waals surface area contributed by atoms with E-state index in [1.807, 2.05) is 128 Å². The second-order valence-corrected chi connectivity index (χ2v) is 13.0. The molecule has 1 fully saturated rings. The van der Waals surface area contributed by atoms with Crippen LogP contribution in [0.3, 0.4) is 0 Å². The maximum atomic E-state index is 13.2. The summed E-state index contributed by atoms with van der Waals surface area (Å²) in [5.74, 6) is -2.19. The van der Waals surface area contributed by atoms with Crippen molar-refractivity contribution in [1.82, 2.24) is 0 Å². The molecule has 0 saturated carbocycles. The molecule has 9 heteroatoms. The summed E-state index contributed by atoms with van der Waals surface area (Å²) < 4.78 is 38.5. The molecule has 1 aliphatic rings. The Morgan fingerprint density at radius 3 is 1.77 bits per heavy atom. The van der Waals surface area contributed by atoms with Crippen LogP contribution < -0.4 is 4.74 Å². The lowest BCUT2D eigenvalue weighted by atomic mass is 9.86. The minimum Gasteiger partial charge on any atom is -0.494 e. The number of aliphatic carboxylic acids is 1. The molecule has 0 spiro atoms. The number of benzene rings is 5. The van der Waals surface area contributed by atoms with Gasteiger partial charge in [0.05, 0.1) is 26.4 Å². The highest BCUT2D eigenvalue weighted by atomic mass is 35.5. The summed E-state index contributed by atoms with van der Waals surface area (Å²) in [7, 11) is 1.48. The minimum absolute atomic E-state index is 0.127. The fourth-order valence-electron chi connectivity index (χ4n) is 6.47. The Balaban J connectivity index is 1.43. The molecule has 5 atom stereocenters. The van der Waals surface area contributed by atoms with E-state index in [9.17, 15) is 9.90 Å². The Hall–Kier alpha value is -4.54. The van der Waals surface area contributed by atoms with Crippen molar-refractivity contribution in [3.8, 4) is 5.75 Å². The first-order valence-corrected chi connectivity index (χ1v) is 17.7. The van der Waals surface area contributed by atoms with Gasteiger partial charge in [0.2, 0.25) is 5.79 Å². The summed E-state index contributed by atoms with van der Waals surface area (Å²) in [6, 6.07) is 42.2. The highest BCUT2D eigenvalue weighted by molar-refractivity contribution is 6.31. The lowest BCUT2D eigenvalue weighted by Gasteiger charge is -2.51. The number of halogens is 1. The van der Waals surface area contributed by atoms with E-state index < -0.39 is 36.2 Å². The van der Waals surface area contributed by atoms with Gasteiger partial charge in [0.25, 0.3) is 0 Å². The van der Waals surface area contributed by atoms with Crippen LogP contribution in [0, 0.1) is 0 Å². The zero-order valence-corrected chi connectivity index (χ0v) is 30.0. The van der Waals surface area contributed by atoms with Gasteiger partial charge in [0.15, 0.2) is 6.10 Å². The van der Waals surface area contributed by atoms with E-state index in [2.05, 4.69) is 0 Å². The van der Waals surface area contributed by atoms with Gasteiger partial charge in [-0.2, -0.15) is 0 Å². The highest BCUT2D eigenvalue weighted by Crippen LogP contribution is 2.45. The van der Waals surface area contributed by atoms with Crippen molar-refractivity contribution in [2.24, 2.45) is 0 Å². The van der Waals surface area contributed by atoms with E-state index in [0.717, 1.165) is 33.6 Å². The van der Waals surface area contributed by atoms with Gasteiger partial charge in [-0.3, -0.25) is 0 Å². The molecule has 0 aromatic heterocycles. The maximum absolute atomic E-state index is 13.2. The summed E-state index contributed by atoms with van der Waals surface area (Å²) in [4.78, 5) is 13.2. The van der Waals surface area contributed by atoms with Gasteiger partial charge in [0, 0.05) is 17.7 Å². The first-order valence-electron chi connectivity index (χ1n) is 17.3. The fraction of sp³-hybridized carbons (Fsp3) is 0.279. The van der Waals surface area contributed by atoms with Gasteiger partial charge >= 0.3 is 5.97 Å². The van der Waals surface area contributed by atoms with E-state index in [1.165, 1.54) is 7.11 Å². The van der Waals surface area contributed by atoms with Crippen LogP contribution in [0.25, 0.3) is 0 Å². The van der Waals surface area contributed by atoms with Crippen molar-refractivity contribution >= 4 is 17.6 Å². The van der Waals surface area contributed by atoms with E-state index in [0.29, 0.717) is 23.6 Å². The molecule has 1 aliphatic heterocycles. The number of carbonyl (C=O) groups is 1. The molecule has 6 rings (SSSR count). The third-order valence-corrected chi connectivity index (χ3v) is 9.43. The molecule has 0 radical (unpaired) electrons. The molecule has 0 aliphatic carbocycles. The standard InChI is InChI=1S/C43H43ClO8/c1-3-48-36-22-19-30(20-23-36)25-34-26-35(21-24-37(34)44)43(47-2)41(51-29-33-17-11-6-12-18-33)39(50-28-32-15-9-5-10-16-32)38(40(52-43)42(45)46)49-27-31-13-7-4-8-14-31/h4-24,26,38-41H,3,25,27-29H2,1-2H3,(H,45,46)/t38-,39-,40-,41+,43-/m0/s1. The lowest BCUT2D eigenvalue weighted by molar-refractivity contribution is -0.377. The van der Waals surface area contributed by atoms with E-state index in [-0.39, 0.29) is 19.8 Å². The smallest absolute Gasteiger partial charge is 0.335 e. The molecule has 0 amide bonds. The molecule has 5 aromatic carbocycles. The predicted octanol–water partition coefficient (Wildman–Crippen LogP) is 8.37. The molecule has 1 saturated heterocycles. The van der Waals surface area contributed by atoms with Gasteiger partial charge in [-0.1, -0.05) is 121 Å². The molecule has 8 nitrogen and oxygen atoms in total. The molecule has 52 heavy (non-hydrogen) atoms. The van der Waals surface area contributed by atoms with Crippen LogP contribution in [0.1, 0.15) is 40.3 Å². The third-order valence-electron chi connectivity index (χ3n) is 9.06. The molecular formula is C43H43ClO8. The van der Waals surface area contributed by atoms with Crippen LogP contribution in [-0.2, 0) is 60.5 Å². The van der Waals surface area contributed by atoms with Crippen molar-refractivity contribution < 1.29 is 38.3 Å². The Bertz CT molecular complexity index is 1860. The number of methoxy groups -OCH3 is 1. The van der Waals surface area contributed by atoms with Crippen molar-refractivity contribution in [2.45, 2.75) is 63.4 Å². The highest BCUT2D eigenvalue weighted by Gasteiger charge is 2.60. The van der Waals surface area contributed by atoms with Gasteiger partial charge in [0.1, 0.15) is 24.1 Å². The number of hydrogen-bond donors (Lipinski definition) is 1. The molecule has 0 unspecified atom stereocenters. The molecule has 270 valence electrons.